The Morgan fingerprint density at radius 2 is 1.62 bits per heavy atom. The molecule has 1 atom stereocenters. The third-order valence-corrected chi connectivity index (χ3v) is 15.3. The molecule has 0 radical (unpaired) electrons. The van der Waals surface area contributed by atoms with Crippen molar-refractivity contribution in [2.45, 2.75) is 140 Å². The van der Waals surface area contributed by atoms with E-state index < -0.39 is 20.6 Å². The number of unbranched alkanes of at least 4 members (excludes halogenated alkanes) is 7. The van der Waals surface area contributed by atoms with Gasteiger partial charge in [-0.15, -0.1) is 0 Å². The van der Waals surface area contributed by atoms with Gasteiger partial charge < -0.3 is 19.9 Å². The van der Waals surface area contributed by atoms with E-state index >= 15 is 0 Å². The third kappa shape index (κ3) is 10.1. The minimum atomic E-state index is -3.76. The molecule has 328 valence electrons. The van der Waals surface area contributed by atoms with Crippen LogP contribution in [-0.4, -0.2) is 93.1 Å². The van der Waals surface area contributed by atoms with E-state index in [0.717, 1.165) is 68.6 Å². The van der Waals surface area contributed by atoms with Gasteiger partial charge in [0, 0.05) is 41.2 Å². The largest absolute Gasteiger partial charge is 0.492 e. The summed E-state index contributed by atoms with van der Waals surface area (Å²) in [5, 5.41) is 13.5. The summed E-state index contributed by atoms with van der Waals surface area (Å²) in [6.07, 6.45) is 14.6. The summed E-state index contributed by atoms with van der Waals surface area (Å²) in [6.45, 7) is 13.0. The Kier molecular flexibility index (Phi) is 13.8. The Balaban J connectivity index is 0.803. The minimum Gasteiger partial charge on any atom is -0.492 e. The molecule has 14 nitrogen and oxygen atoms in total. The van der Waals surface area contributed by atoms with Crippen molar-refractivity contribution >= 4 is 50.1 Å². The van der Waals surface area contributed by atoms with Gasteiger partial charge in [0.15, 0.2) is 15.7 Å². The van der Waals surface area contributed by atoms with Crippen molar-refractivity contribution in [2.75, 3.05) is 31.6 Å². The van der Waals surface area contributed by atoms with Crippen LogP contribution in [-0.2, 0) is 32.4 Å². The highest BCUT2D eigenvalue weighted by Crippen LogP contribution is 2.38. The molecule has 4 aromatic rings. The fourth-order valence-electron chi connectivity index (χ4n) is 8.72. The number of benzene rings is 2. The number of hydrogen-bond acceptors (Lipinski definition) is 11. The first-order chi connectivity index (χ1) is 29.2. The predicted molar refractivity (Wildman–Crippen MR) is 236 cm³/mol. The fourth-order valence-corrected chi connectivity index (χ4v) is 10.0. The van der Waals surface area contributed by atoms with Crippen LogP contribution in [0.25, 0.3) is 10.9 Å². The number of anilines is 2. The van der Waals surface area contributed by atoms with Crippen LogP contribution in [0, 0.1) is 19.8 Å². The van der Waals surface area contributed by atoms with Crippen molar-refractivity contribution in [2.24, 2.45) is 5.92 Å². The second kappa shape index (κ2) is 19.0. The second-order valence-corrected chi connectivity index (χ2v) is 20.8. The van der Waals surface area contributed by atoms with E-state index in [1.807, 2.05) is 26.0 Å². The molecule has 3 N–H and O–H groups in total. The number of H-pyrrole nitrogens is 1. The third-order valence-electron chi connectivity index (χ3n) is 12.8. The summed E-state index contributed by atoms with van der Waals surface area (Å²) in [6, 6.07) is 8.71. The molecule has 2 fully saturated rings. The summed E-state index contributed by atoms with van der Waals surface area (Å²) < 4.78 is 33.2. The second-order valence-electron chi connectivity index (χ2n) is 18.1. The van der Waals surface area contributed by atoms with E-state index in [9.17, 15) is 22.8 Å². The molecular weight excluding hydrogens is 793 g/mol. The Labute approximate surface area is 359 Å². The zero-order chi connectivity index (χ0) is 43.3. The van der Waals surface area contributed by atoms with Crippen molar-refractivity contribution in [3.63, 3.8) is 0 Å². The first-order valence-electron chi connectivity index (χ1n) is 22.1. The van der Waals surface area contributed by atoms with E-state index in [4.69, 9.17) is 4.74 Å². The van der Waals surface area contributed by atoms with Crippen LogP contribution in [0.5, 0.6) is 5.75 Å². The molecule has 0 unspecified atom stereocenters. The highest BCUT2D eigenvalue weighted by atomic mass is 32.2. The molecule has 3 aliphatic rings. The normalized spacial score (nSPS) is 17.9. The summed E-state index contributed by atoms with van der Waals surface area (Å²) in [5.41, 5.74) is 5.40. The van der Waals surface area contributed by atoms with Crippen molar-refractivity contribution < 1.29 is 27.5 Å². The van der Waals surface area contributed by atoms with Gasteiger partial charge in [0.05, 0.1) is 16.9 Å². The molecule has 0 saturated carbocycles. The van der Waals surface area contributed by atoms with Gasteiger partial charge in [-0.05, 0) is 122 Å². The molecular formula is C46H62N8O6S. The number of ether oxygens (including phenoxy) is 1. The van der Waals surface area contributed by atoms with Gasteiger partial charge in [0.25, 0.3) is 5.91 Å². The first-order valence-corrected chi connectivity index (χ1v) is 23.6. The van der Waals surface area contributed by atoms with Crippen LogP contribution in [0.15, 0.2) is 41.6 Å². The molecule has 2 saturated heterocycles. The Hall–Kier alpha value is -4.89. The lowest BCUT2D eigenvalue weighted by Gasteiger charge is -2.32. The predicted octanol–water partition coefficient (Wildman–Crippen LogP) is 7.50. The number of sulfone groups is 1. The minimum absolute atomic E-state index is 0.110. The number of hydrogen-bond donors (Lipinski definition) is 3. The zero-order valence-electron chi connectivity index (χ0n) is 36.4. The van der Waals surface area contributed by atoms with E-state index in [0.29, 0.717) is 59.3 Å². The van der Waals surface area contributed by atoms with Gasteiger partial charge in [-0.2, -0.15) is 5.10 Å². The molecule has 7 rings (SSSR count). The number of aromatic amines is 1. The van der Waals surface area contributed by atoms with Crippen LogP contribution in [0.2, 0.25) is 0 Å². The first kappa shape index (κ1) is 44.2. The standard InChI is InChI=1S/C46H62N8O6S/c1-30-31(2)51-52-42(30)50-43-35-25-40(61(58,59)46(3,4)5)39(26-37(35)47-29-48-43)60-28-32-20-23-53(24-21-32)22-13-11-9-7-6-8-10-12-15-33-16-14-17-34-36(33)27-54(45(34)57)38-18-19-41(55)49-44(38)56/h14,16-17,25-26,29,32,38H,6-13,15,18-24,27-28H2,1-5H3,(H,49,55,56)(H2,47,48,50,51,52)/t38-/m0/s1. The number of piperidine rings is 2. The highest BCUT2D eigenvalue weighted by Gasteiger charge is 2.40. The van der Waals surface area contributed by atoms with Crippen LogP contribution in [0.1, 0.15) is 131 Å². The maximum atomic E-state index is 13.9. The molecule has 5 heterocycles. The maximum Gasteiger partial charge on any atom is 0.255 e. The number of amides is 3. The SMILES string of the molecule is Cc1[nH]nc(Nc2ncnc3cc(OCC4CCN(CCCCCCCCCCc5cccc6c5CN([C@H]5CCC(=O)NC5=O)C6=O)CC4)c(S(=O)(=O)C(C)(C)C)cc23)c1C. The number of rotatable bonds is 18. The van der Waals surface area contributed by atoms with Crippen LogP contribution in [0.3, 0.4) is 0 Å². The summed E-state index contributed by atoms with van der Waals surface area (Å²) in [7, 11) is -3.76. The topological polar surface area (TPSA) is 180 Å². The number of aryl methyl sites for hydroxylation is 2. The molecule has 2 aromatic carbocycles. The van der Waals surface area contributed by atoms with Crippen molar-refractivity contribution in [1.29, 1.82) is 0 Å². The lowest BCUT2D eigenvalue weighted by atomic mass is 9.97. The average Bonchev–Trinajstić information content (AvgIpc) is 3.74. The molecule has 0 spiro atoms. The number of imide groups is 1. The lowest BCUT2D eigenvalue weighted by molar-refractivity contribution is -0.136. The van der Waals surface area contributed by atoms with Crippen LogP contribution >= 0.6 is 0 Å². The molecule has 2 aromatic heterocycles. The number of likely N-dealkylation sites (tertiary alicyclic amines) is 1. The van der Waals surface area contributed by atoms with Crippen LogP contribution in [0.4, 0.5) is 11.6 Å². The number of aromatic nitrogens is 4. The van der Waals surface area contributed by atoms with Crippen molar-refractivity contribution in [3.05, 3.63) is 64.6 Å². The monoisotopic (exact) mass is 854 g/mol. The van der Waals surface area contributed by atoms with E-state index in [2.05, 4.69) is 41.8 Å². The van der Waals surface area contributed by atoms with Gasteiger partial charge in [-0.1, -0.05) is 50.7 Å². The lowest BCUT2D eigenvalue weighted by Crippen LogP contribution is -2.52. The molecule has 15 heteroatoms. The van der Waals surface area contributed by atoms with Crippen molar-refractivity contribution in [1.82, 2.24) is 35.3 Å². The van der Waals surface area contributed by atoms with Crippen molar-refractivity contribution in [3.8, 4) is 5.75 Å². The Morgan fingerprint density at radius 3 is 2.31 bits per heavy atom. The van der Waals surface area contributed by atoms with Gasteiger partial charge in [-0.25, -0.2) is 18.4 Å². The smallest absolute Gasteiger partial charge is 0.255 e. The molecule has 3 amide bonds. The van der Waals surface area contributed by atoms with Gasteiger partial charge >= 0.3 is 0 Å². The molecule has 61 heavy (non-hydrogen) atoms. The summed E-state index contributed by atoms with van der Waals surface area (Å²) in [4.78, 5) is 50.4. The maximum absolute atomic E-state index is 13.9. The van der Waals surface area contributed by atoms with E-state index in [-0.39, 0.29) is 29.0 Å². The number of carbonyl (C=O) groups excluding carboxylic acids is 3. The molecule has 3 aliphatic heterocycles. The van der Waals surface area contributed by atoms with Gasteiger partial charge in [0.1, 0.15) is 28.8 Å². The number of nitrogens with one attached hydrogen (secondary N) is 3. The number of nitrogens with zero attached hydrogens (tertiary/aromatic N) is 5. The Bertz CT molecular complexity index is 2350. The quantitative estimate of drug-likeness (QED) is 0.0667. The van der Waals surface area contributed by atoms with Gasteiger partial charge in [0.2, 0.25) is 11.8 Å². The Morgan fingerprint density at radius 1 is 0.902 bits per heavy atom. The fraction of sp³-hybridized carbons (Fsp3) is 0.565. The van der Waals surface area contributed by atoms with E-state index in [1.54, 1.807) is 37.8 Å². The average molecular weight is 855 g/mol. The number of fused-ring (bicyclic) bond motifs is 2. The molecule has 0 aliphatic carbocycles. The molecule has 0 bridgehead atoms. The number of carbonyl (C=O) groups is 3. The zero-order valence-corrected chi connectivity index (χ0v) is 37.3. The summed E-state index contributed by atoms with van der Waals surface area (Å²) in [5.74, 6) is 1.02. The van der Waals surface area contributed by atoms with Crippen LogP contribution < -0.4 is 15.4 Å². The van der Waals surface area contributed by atoms with E-state index in [1.165, 1.54) is 50.4 Å². The van der Waals surface area contributed by atoms with Gasteiger partial charge in [-0.3, -0.25) is 24.8 Å². The summed E-state index contributed by atoms with van der Waals surface area (Å²) >= 11 is 0. The highest BCUT2D eigenvalue weighted by molar-refractivity contribution is 7.92.